The Balaban J connectivity index is 2.56. The molecule has 0 saturated carbocycles. The van der Waals surface area contributed by atoms with E-state index >= 15 is 0 Å². The molecule has 0 amide bonds. The Kier molecular flexibility index (Phi) is 5.36. The van der Waals surface area contributed by atoms with Gasteiger partial charge in [0.2, 0.25) is 5.88 Å². The lowest BCUT2D eigenvalue weighted by Gasteiger charge is -2.14. The van der Waals surface area contributed by atoms with Crippen molar-refractivity contribution in [2.24, 2.45) is 0 Å². The highest BCUT2D eigenvalue weighted by Gasteiger charge is 2.08. The Morgan fingerprint density at radius 1 is 1.60 bits per heavy atom. The van der Waals surface area contributed by atoms with Crippen LogP contribution in [-0.2, 0) is 4.74 Å². The van der Waals surface area contributed by atoms with Gasteiger partial charge in [-0.3, -0.25) is 0 Å². The van der Waals surface area contributed by atoms with Crippen molar-refractivity contribution in [3.63, 3.8) is 0 Å². The standard InChI is InChI=1S/C10H13BrClNO2/c1-3-14-6-7(2)15-10-9(11)4-8(12)5-13-10/h4-5,7H,3,6H2,1-2H3. The van der Waals surface area contributed by atoms with E-state index in [9.17, 15) is 0 Å². The van der Waals surface area contributed by atoms with Crippen molar-refractivity contribution in [2.45, 2.75) is 20.0 Å². The van der Waals surface area contributed by atoms with Crippen LogP contribution in [0.5, 0.6) is 5.88 Å². The summed E-state index contributed by atoms with van der Waals surface area (Å²) in [5, 5.41) is 0.576. The minimum atomic E-state index is -0.0325. The van der Waals surface area contributed by atoms with Gasteiger partial charge in [0.1, 0.15) is 6.10 Å². The molecule has 0 N–H and O–H groups in total. The highest BCUT2D eigenvalue weighted by Crippen LogP contribution is 2.25. The van der Waals surface area contributed by atoms with E-state index in [4.69, 9.17) is 21.1 Å². The fourth-order valence-electron chi connectivity index (χ4n) is 0.997. The molecule has 15 heavy (non-hydrogen) atoms. The molecule has 0 radical (unpaired) electrons. The lowest BCUT2D eigenvalue weighted by Crippen LogP contribution is -2.19. The molecule has 1 heterocycles. The van der Waals surface area contributed by atoms with E-state index in [1.807, 2.05) is 13.8 Å². The number of rotatable bonds is 5. The number of halogens is 2. The molecule has 84 valence electrons. The van der Waals surface area contributed by atoms with Gasteiger partial charge in [-0.25, -0.2) is 4.98 Å². The SMILES string of the molecule is CCOCC(C)Oc1ncc(Cl)cc1Br. The summed E-state index contributed by atoms with van der Waals surface area (Å²) >= 11 is 9.10. The molecule has 5 heteroatoms. The van der Waals surface area contributed by atoms with E-state index in [0.717, 1.165) is 4.47 Å². The first kappa shape index (κ1) is 12.7. The predicted octanol–water partition coefficient (Wildman–Crippen LogP) is 3.30. The number of pyridine rings is 1. The zero-order valence-corrected chi connectivity index (χ0v) is 11.0. The molecule has 1 aromatic heterocycles. The summed E-state index contributed by atoms with van der Waals surface area (Å²) in [5.74, 6) is 0.534. The average Bonchev–Trinajstić information content (AvgIpc) is 2.19. The molecule has 3 nitrogen and oxygen atoms in total. The van der Waals surface area contributed by atoms with Crippen molar-refractivity contribution in [3.8, 4) is 5.88 Å². The molecule has 0 spiro atoms. The van der Waals surface area contributed by atoms with E-state index in [1.54, 1.807) is 12.3 Å². The van der Waals surface area contributed by atoms with Gasteiger partial charge in [0.05, 0.1) is 16.1 Å². The normalized spacial score (nSPS) is 12.5. The van der Waals surface area contributed by atoms with Gasteiger partial charge in [-0.05, 0) is 35.8 Å². The van der Waals surface area contributed by atoms with Crippen LogP contribution in [0.4, 0.5) is 0 Å². The fraction of sp³-hybridized carbons (Fsp3) is 0.500. The van der Waals surface area contributed by atoms with Gasteiger partial charge in [-0.1, -0.05) is 11.6 Å². The van der Waals surface area contributed by atoms with Gasteiger partial charge >= 0.3 is 0 Å². The van der Waals surface area contributed by atoms with Crippen molar-refractivity contribution in [1.82, 2.24) is 4.98 Å². The highest BCUT2D eigenvalue weighted by atomic mass is 79.9. The van der Waals surface area contributed by atoms with Gasteiger partial charge in [0.25, 0.3) is 0 Å². The minimum absolute atomic E-state index is 0.0325. The van der Waals surface area contributed by atoms with Crippen LogP contribution in [0, 0.1) is 0 Å². The summed E-state index contributed by atoms with van der Waals surface area (Å²) in [7, 11) is 0. The number of aromatic nitrogens is 1. The monoisotopic (exact) mass is 293 g/mol. The molecule has 1 unspecified atom stereocenters. The highest BCUT2D eigenvalue weighted by molar-refractivity contribution is 9.10. The smallest absolute Gasteiger partial charge is 0.228 e. The molecule has 0 bridgehead atoms. The average molecular weight is 295 g/mol. The van der Waals surface area contributed by atoms with E-state index in [2.05, 4.69) is 20.9 Å². The van der Waals surface area contributed by atoms with Crippen molar-refractivity contribution >= 4 is 27.5 Å². The van der Waals surface area contributed by atoms with E-state index in [0.29, 0.717) is 24.1 Å². The second kappa shape index (κ2) is 6.30. The first-order valence-corrected chi connectivity index (χ1v) is 5.86. The molecule has 0 fully saturated rings. The summed E-state index contributed by atoms with van der Waals surface area (Å²) in [5.41, 5.74) is 0. The van der Waals surface area contributed by atoms with Crippen molar-refractivity contribution in [3.05, 3.63) is 21.8 Å². The Morgan fingerprint density at radius 3 is 2.93 bits per heavy atom. The molecule has 1 aromatic rings. The van der Waals surface area contributed by atoms with Gasteiger partial charge in [-0.15, -0.1) is 0 Å². The molecular weight excluding hydrogens is 281 g/mol. The third-order valence-corrected chi connectivity index (χ3v) is 2.42. The topological polar surface area (TPSA) is 31.4 Å². The molecule has 0 aliphatic carbocycles. The molecule has 0 saturated heterocycles. The van der Waals surface area contributed by atoms with Crippen LogP contribution < -0.4 is 4.74 Å². The van der Waals surface area contributed by atoms with Crippen molar-refractivity contribution in [2.75, 3.05) is 13.2 Å². The second-order valence-corrected chi connectivity index (χ2v) is 4.32. The molecule has 0 aromatic carbocycles. The van der Waals surface area contributed by atoms with E-state index < -0.39 is 0 Å². The Labute approximate surface area is 103 Å². The number of ether oxygens (including phenoxy) is 2. The van der Waals surface area contributed by atoms with E-state index in [-0.39, 0.29) is 6.10 Å². The Bertz CT molecular complexity index is 322. The molecule has 0 aliphatic rings. The lowest BCUT2D eigenvalue weighted by molar-refractivity contribution is 0.0629. The van der Waals surface area contributed by atoms with Crippen LogP contribution in [0.1, 0.15) is 13.8 Å². The van der Waals surface area contributed by atoms with Crippen LogP contribution in [-0.4, -0.2) is 24.3 Å². The van der Waals surface area contributed by atoms with Crippen LogP contribution in [0.15, 0.2) is 16.7 Å². The van der Waals surface area contributed by atoms with Gasteiger partial charge in [0.15, 0.2) is 0 Å². The maximum Gasteiger partial charge on any atom is 0.228 e. The van der Waals surface area contributed by atoms with Crippen LogP contribution in [0.2, 0.25) is 5.02 Å². The number of hydrogen-bond acceptors (Lipinski definition) is 3. The van der Waals surface area contributed by atoms with Crippen LogP contribution >= 0.6 is 27.5 Å². The van der Waals surface area contributed by atoms with E-state index in [1.165, 1.54) is 0 Å². The van der Waals surface area contributed by atoms with Crippen LogP contribution in [0.25, 0.3) is 0 Å². The Hall–Kier alpha value is -0.320. The zero-order chi connectivity index (χ0) is 11.3. The zero-order valence-electron chi connectivity index (χ0n) is 8.67. The lowest BCUT2D eigenvalue weighted by atomic mass is 10.4. The Morgan fingerprint density at radius 2 is 2.33 bits per heavy atom. The van der Waals surface area contributed by atoms with Gasteiger partial charge in [0, 0.05) is 12.8 Å². The number of nitrogens with zero attached hydrogens (tertiary/aromatic N) is 1. The van der Waals surface area contributed by atoms with Gasteiger partial charge < -0.3 is 9.47 Å². The van der Waals surface area contributed by atoms with Gasteiger partial charge in [-0.2, -0.15) is 0 Å². The third-order valence-electron chi connectivity index (χ3n) is 1.64. The third kappa shape index (κ3) is 4.36. The summed E-state index contributed by atoms with van der Waals surface area (Å²) in [6.07, 6.45) is 1.52. The minimum Gasteiger partial charge on any atom is -0.471 e. The quantitative estimate of drug-likeness (QED) is 0.835. The summed E-state index contributed by atoms with van der Waals surface area (Å²) in [6.45, 7) is 5.11. The first-order chi connectivity index (χ1) is 7.13. The summed E-state index contributed by atoms with van der Waals surface area (Å²) in [4.78, 5) is 4.07. The predicted molar refractivity (Wildman–Crippen MR) is 63.5 cm³/mol. The first-order valence-electron chi connectivity index (χ1n) is 4.69. The maximum absolute atomic E-state index is 5.76. The molecular formula is C10H13BrClNO2. The molecule has 1 atom stereocenters. The van der Waals surface area contributed by atoms with Crippen LogP contribution in [0.3, 0.4) is 0 Å². The van der Waals surface area contributed by atoms with Crippen molar-refractivity contribution < 1.29 is 9.47 Å². The molecule has 0 aliphatic heterocycles. The fourth-order valence-corrected chi connectivity index (χ4v) is 1.73. The largest absolute Gasteiger partial charge is 0.471 e. The summed E-state index contributed by atoms with van der Waals surface area (Å²) in [6, 6.07) is 1.75. The molecule has 1 rings (SSSR count). The van der Waals surface area contributed by atoms with Crippen molar-refractivity contribution in [1.29, 1.82) is 0 Å². The second-order valence-electron chi connectivity index (χ2n) is 3.03. The number of hydrogen-bond donors (Lipinski definition) is 0. The summed E-state index contributed by atoms with van der Waals surface area (Å²) < 4.78 is 11.5. The maximum atomic E-state index is 5.76.